The molecular weight excluding hydrogens is 350 g/mol. The lowest BCUT2D eigenvalue weighted by Gasteiger charge is -2.39. The van der Waals surface area contributed by atoms with Gasteiger partial charge in [0.15, 0.2) is 0 Å². The van der Waals surface area contributed by atoms with E-state index in [-0.39, 0.29) is 0 Å². The molecule has 0 radical (unpaired) electrons. The molecule has 0 rings (SSSR count). The fraction of sp³-hybridized carbons (Fsp3) is 0.889. The highest BCUT2D eigenvalue weighted by Crippen LogP contribution is 2.58. The van der Waals surface area contributed by atoms with Crippen LogP contribution < -0.4 is 0 Å². The molecule has 0 amide bonds. The molecular formula is C9H5F12N. The van der Waals surface area contributed by atoms with Crippen LogP contribution in [0, 0.1) is 11.3 Å². The van der Waals surface area contributed by atoms with Crippen molar-refractivity contribution in [2.45, 2.75) is 48.9 Å². The topological polar surface area (TPSA) is 23.8 Å². The van der Waals surface area contributed by atoms with Crippen LogP contribution in [0.15, 0.2) is 0 Å². The molecule has 0 unspecified atom stereocenters. The molecule has 0 fully saturated rings. The first-order valence-electron chi connectivity index (χ1n) is 5.05. The SMILES string of the molecule is N#CCCC(F)(F)C(F)(F)C(F)(F)C(F)(F)C(F)(F)C(F)F. The first-order chi connectivity index (χ1) is 9.50. The maximum atomic E-state index is 12.9. The second kappa shape index (κ2) is 5.69. The molecule has 0 aromatic rings. The van der Waals surface area contributed by atoms with Crippen LogP contribution in [0.1, 0.15) is 12.8 Å². The van der Waals surface area contributed by atoms with E-state index in [9.17, 15) is 52.7 Å². The monoisotopic (exact) mass is 355 g/mol. The molecule has 0 atom stereocenters. The molecule has 0 heterocycles. The van der Waals surface area contributed by atoms with Gasteiger partial charge in [-0.05, 0) is 0 Å². The summed E-state index contributed by atoms with van der Waals surface area (Å²) in [6, 6.07) is 0.821. The van der Waals surface area contributed by atoms with Gasteiger partial charge in [0, 0.05) is 12.8 Å². The molecule has 0 saturated carbocycles. The summed E-state index contributed by atoms with van der Waals surface area (Å²) < 4.78 is 151. The number of nitriles is 1. The lowest BCUT2D eigenvalue weighted by atomic mass is 9.92. The average molecular weight is 355 g/mol. The van der Waals surface area contributed by atoms with Gasteiger partial charge in [-0.25, -0.2) is 8.78 Å². The molecule has 0 aromatic carbocycles. The van der Waals surface area contributed by atoms with Gasteiger partial charge in [-0.1, -0.05) is 0 Å². The van der Waals surface area contributed by atoms with Crippen LogP contribution in [0.2, 0.25) is 0 Å². The maximum absolute atomic E-state index is 12.9. The molecule has 0 aliphatic carbocycles. The second-order valence-corrected chi connectivity index (χ2v) is 4.01. The summed E-state index contributed by atoms with van der Waals surface area (Å²) in [6.45, 7) is 0. The van der Waals surface area contributed by atoms with E-state index in [4.69, 9.17) is 5.26 Å². The van der Waals surface area contributed by atoms with Crippen LogP contribution in [0.4, 0.5) is 52.7 Å². The molecule has 22 heavy (non-hydrogen) atoms. The summed E-state index contributed by atoms with van der Waals surface area (Å²) >= 11 is 0. The Bertz CT molecular complexity index is 434. The molecule has 0 saturated heterocycles. The van der Waals surface area contributed by atoms with Gasteiger partial charge in [0.25, 0.3) is 0 Å². The average Bonchev–Trinajstić information content (AvgIpc) is 2.35. The third kappa shape index (κ3) is 2.79. The van der Waals surface area contributed by atoms with E-state index < -0.39 is 48.9 Å². The van der Waals surface area contributed by atoms with Crippen LogP contribution >= 0.6 is 0 Å². The number of rotatable bonds is 7. The Morgan fingerprint density at radius 1 is 0.727 bits per heavy atom. The normalized spacial score (nSPS) is 15.1. The first kappa shape index (κ1) is 20.6. The summed E-state index contributed by atoms with van der Waals surface area (Å²) in [5.74, 6) is -35.1. The van der Waals surface area contributed by atoms with Crippen molar-refractivity contribution >= 4 is 0 Å². The van der Waals surface area contributed by atoms with E-state index in [0.717, 1.165) is 6.07 Å². The van der Waals surface area contributed by atoms with Crippen LogP contribution in [-0.2, 0) is 0 Å². The van der Waals surface area contributed by atoms with Crippen molar-refractivity contribution < 1.29 is 52.7 Å². The van der Waals surface area contributed by atoms with Gasteiger partial charge in [0.1, 0.15) is 0 Å². The highest BCUT2D eigenvalue weighted by molar-refractivity contribution is 5.09. The van der Waals surface area contributed by atoms with E-state index >= 15 is 0 Å². The van der Waals surface area contributed by atoms with E-state index in [1.165, 1.54) is 0 Å². The van der Waals surface area contributed by atoms with Crippen molar-refractivity contribution in [3.05, 3.63) is 0 Å². The number of nitrogens with zero attached hydrogens (tertiary/aromatic N) is 1. The number of halogens is 12. The summed E-state index contributed by atoms with van der Waals surface area (Å²) in [7, 11) is 0. The third-order valence-electron chi connectivity index (χ3n) is 2.49. The van der Waals surface area contributed by atoms with E-state index in [1.807, 2.05) is 0 Å². The van der Waals surface area contributed by atoms with Gasteiger partial charge in [-0.3, -0.25) is 0 Å². The molecule has 0 aliphatic heterocycles. The van der Waals surface area contributed by atoms with Crippen molar-refractivity contribution in [2.75, 3.05) is 0 Å². The molecule has 1 nitrogen and oxygen atoms in total. The predicted octanol–water partition coefficient (Wildman–Crippen LogP) is 4.73. The minimum absolute atomic E-state index is 0.821. The Morgan fingerprint density at radius 3 is 1.45 bits per heavy atom. The van der Waals surface area contributed by atoms with Crippen molar-refractivity contribution in [3.8, 4) is 6.07 Å². The maximum Gasteiger partial charge on any atom is 0.384 e. The summed E-state index contributed by atoms with van der Waals surface area (Å²) in [5, 5.41) is 7.88. The zero-order valence-corrected chi connectivity index (χ0v) is 9.97. The Hall–Kier alpha value is -1.35. The summed E-state index contributed by atoms with van der Waals surface area (Å²) in [5.41, 5.74) is 0. The van der Waals surface area contributed by atoms with Gasteiger partial charge < -0.3 is 0 Å². The number of alkyl halides is 12. The smallest absolute Gasteiger partial charge is 0.203 e. The van der Waals surface area contributed by atoms with Crippen LogP contribution in [0.25, 0.3) is 0 Å². The van der Waals surface area contributed by atoms with Crippen molar-refractivity contribution in [2.24, 2.45) is 0 Å². The molecule has 13 heteroatoms. The zero-order chi connectivity index (χ0) is 18.2. The first-order valence-corrected chi connectivity index (χ1v) is 5.05. The van der Waals surface area contributed by atoms with Crippen molar-refractivity contribution in [3.63, 3.8) is 0 Å². The summed E-state index contributed by atoms with van der Waals surface area (Å²) in [4.78, 5) is 0. The van der Waals surface area contributed by atoms with Gasteiger partial charge in [-0.15, -0.1) is 0 Å². The predicted molar refractivity (Wildman–Crippen MR) is 45.6 cm³/mol. The molecule has 0 spiro atoms. The largest absolute Gasteiger partial charge is 0.384 e. The van der Waals surface area contributed by atoms with Crippen LogP contribution in [-0.4, -0.2) is 36.0 Å². The third-order valence-corrected chi connectivity index (χ3v) is 2.49. The molecule has 0 aliphatic rings. The van der Waals surface area contributed by atoms with Gasteiger partial charge in [0.2, 0.25) is 0 Å². The zero-order valence-electron chi connectivity index (χ0n) is 9.97. The van der Waals surface area contributed by atoms with E-state index in [1.54, 1.807) is 0 Å². The Balaban J connectivity index is 5.95. The molecule has 0 N–H and O–H groups in total. The molecule has 0 aromatic heterocycles. The minimum Gasteiger partial charge on any atom is -0.203 e. The fourth-order valence-corrected chi connectivity index (χ4v) is 1.14. The van der Waals surface area contributed by atoms with Gasteiger partial charge in [0.05, 0.1) is 6.07 Å². The van der Waals surface area contributed by atoms with Crippen LogP contribution in [0.3, 0.4) is 0 Å². The fourth-order valence-electron chi connectivity index (χ4n) is 1.14. The van der Waals surface area contributed by atoms with Crippen LogP contribution in [0.5, 0.6) is 0 Å². The Morgan fingerprint density at radius 2 is 1.14 bits per heavy atom. The minimum atomic E-state index is -7.51. The van der Waals surface area contributed by atoms with Gasteiger partial charge >= 0.3 is 36.0 Å². The van der Waals surface area contributed by atoms with E-state index in [2.05, 4.69) is 0 Å². The highest BCUT2D eigenvalue weighted by Gasteiger charge is 2.87. The number of hydrogen-bond donors (Lipinski definition) is 0. The molecule has 130 valence electrons. The van der Waals surface area contributed by atoms with Crippen molar-refractivity contribution in [1.82, 2.24) is 0 Å². The summed E-state index contributed by atoms with van der Waals surface area (Å²) in [6.07, 6.45) is -9.39. The Kier molecular flexibility index (Phi) is 5.34. The highest BCUT2D eigenvalue weighted by atomic mass is 19.4. The second-order valence-electron chi connectivity index (χ2n) is 4.01. The lowest BCUT2D eigenvalue weighted by molar-refractivity contribution is -0.413. The lowest BCUT2D eigenvalue weighted by Crippen LogP contribution is -2.68. The standard InChI is InChI=1S/C9H5F12N/c10-4(11)6(14,15)8(18,19)9(20,21)7(16,17)5(12,13)2-1-3-22/h4H,1-2H2. The quantitative estimate of drug-likeness (QED) is 0.606. The van der Waals surface area contributed by atoms with Gasteiger partial charge in [-0.2, -0.15) is 49.2 Å². The van der Waals surface area contributed by atoms with Crippen molar-refractivity contribution in [1.29, 1.82) is 5.26 Å². The van der Waals surface area contributed by atoms with E-state index in [0.29, 0.717) is 0 Å². The Labute approximate surface area is 114 Å². The molecule has 0 bridgehead atoms. The number of hydrogen-bond acceptors (Lipinski definition) is 1.